The van der Waals surface area contributed by atoms with Crippen LogP contribution in [0.1, 0.15) is 30.4 Å². The van der Waals surface area contributed by atoms with E-state index in [9.17, 15) is 4.79 Å². The number of amides is 1. The van der Waals surface area contributed by atoms with Crippen LogP contribution in [0.3, 0.4) is 0 Å². The van der Waals surface area contributed by atoms with Gasteiger partial charge in [0.2, 0.25) is 5.91 Å². The molecule has 1 amide bonds. The molecular formula is C22H26N2O. The monoisotopic (exact) mass is 334 g/mol. The number of hydrogen-bond acceptors (Lipinski definition) is 2. The molecule has 2 N–H and O–H groups in total. The lowest BCUT2D eigenvalue weighted by Crippen LogP contribution is -2.33. The molecule has 1 aliphatic heterocycles. The van der Waals surface area contributed by atoms with Crippen LogP contribution in [0.15, 0.2) is 48.5 Å². The Bertz CT molecular complexity index is 760. The van der Waals surface area contributed by atoms with Crippen molar-refractivity contribution in [1.29, 1.82) is 0 Å². The minimum absolute atomic E-state index is 0.231. The zero-order valence-corrected chi connectivity index (χ0v) is 14.8. The summed E-state index contributed by atoms with van der Waals surface area (Å²) in [6.07, 6.45) is 3.37. The highest BCUT2D eigenvalue weighted by molar-refractivity contribution is 5.82. The summed E-state index contributed by atoms with van der Waals surface area (Å²) in [5, 5.41) is 6.55. The molecule has 4 rings (SSSR count). The van der Waals surface area contributed by atoms with Crippen LogP contribution < -0.4 is 10.6 Å². The Balaban J connectivity index is 1.38. The number of hydrogen-bond donors (Lipinski definition) is 2. The SMILES string of the molecule is Cc1ccc(-c2cccc(CNC(=O)C3CC34CCNCC4)c2)cc1. The van der Waals surface area contributed by atoms with Crippen LogP contribution in [0.2, 0.25) is 0 Å². The summed E-state index contributed by atoms with van der Waals surface area (Å²) in [6, 6.07) is 17.0. The molecule has 1 saturated carbocycles. The molecule has 2 aromatic rings. The summed E-state index contributed by atoms with van der Waals surface area (Å²) in [6.45, 7) is 4.83. The van der Waals surface area contributed by atoms with Crippen LogP contribution in [0.25, 0.3) is 11.1 Å². The smallest absolute Gasteiger partial charge is 0.223 e. The molecular weight excluding hydrogens is 308 g/mol. The molecule has 1 heterocycles. The molecule has 130 valence electrons. The highest BCUT2D eigenvalue weighted by Crippen LogP contribution is 2.58. The van der Waals surface area contributed by atoms with Crippen LogP contribution in [-0.2, 0) is 11.3 Å². The normalized spacial score (nSPS) is 21.1. The Morgan fingerprint density at radius 2 is 1.88 bits per heavy atom. The van der Waals surface area contributed by atoms with Gasteiger partial charge in [-0.3, -0.25) is 4.79 Å². The van der Waals surface area contributed by atoms with E-state index < -0.39 is 0 Å². The van der Waals surface area contributed by atoms with Gasteiger partial charge in [-0.15, -0.1) is 0 Å². The molecule has 2 fully saturated rings. The molecule has 0 bridgehead atoms. The summed E-state index contributed by atoms with van der Waals surface area (Å²) in [5.74, 6) is 0.470. The first kappa shape index (κ1) is 16.3. The van der Waals surface area contributed by atoms with Crippen LogP contribution in [0, 0.1) is 18.3 Å². The fourth-order valence-electron chi connectivity index (χ4n) is 4.11. The number of benzene rings is 2. The molecule has 1 aliphatic carbocycles. The van der Waals surface area contributed by atoms with E-state index in [1.54, 1.807) is 0 Å². The molecule has 0 aromatic heterocycles. The zero-order chi connectivity index (χ0) is 17.3. The van der Waals surface area contributed by atoms with E-state index in [1.807, 2.05) is 0 Å². The molecule has 25 heavy (non-hydrogen) atoms. The summed E-state index contributed by atoms with van der Waals surface area (Å²) >= 11 is 0. The van der Waals surface area contributed by atoms with Crippen molar-refractivity contribution in [2.24, 2.45) is 11.3 Å². The van der Waals surface area contributed by atoms with Gasteiger partial charge in [-0.25, -0.2) is 0 Å². The largest absolute Gasteiger partial charge is 0.352 e. The van der Waals surface area contributed by atoms with Crippen LogP contribution in [0.5, 0.6) is 0 Å². The van der Waals surface area contributed by atoms with Crippen molar-refractivity contribution >= 4 is 5.91 Å². The molecule has 1 atom stereocenters. The first-order chi connectivity index (χ1) is 12.2. The number of nitrogens with one attached hydrogen (secondary N) is 2. The Kier molecular flexibility index (Phi) is 4.34. The average Bonchev–Trinajstić information content (AvgIpc) is 3.34. The van der Waals surface area contributed by atoms with Gasteiger partial charge >= 0.3 is 0 Å². The van der Waals surface area contributed by atoms with Crippen LogP contribution >= 0.6 is 0 Å². The zero-order valence-electron chi connectivity index (χ0n) is 14.8. The number of carbonyl (C=O) groups is 1. The van der Waals surface area contributed by atoms with E-state index in [2.05, 4.69) is 66.1 Å². The Hall–Kier alpha value is -2.13. The van der Waals surface area contributed by atoms with E-state index >= 15 is 0 Å². The van der Waals surface area contributed by atoms with E-state index in [0.717, 1.165) is 37.9 Å². The van der Waals surface area contributed by atoms with E-state index in [-0.39, 0.29) is 11.8 Å². The van der Waals surface area contributed by atoms with Gasteiger partial charge in [-0.05, 0) is 67.4 Å². The second-order valence-corrected chi connectivity index (χ2v) is 7.65. The lowest BCUT2D eigenvalue weighted by atomic mass is 9.92. The summed E-state index contributed by atoms with van der Waals surface area (Å²) in [4.78, 5) is 12.5. The highest BCUT2D eigenvalue weighted by atomic mass is 16.2. The Morgan fingerprint density at radius 1 is 1.12 bits per heavy atom. The summed E-state index contributed by atoms with van der Waals surface area (Å²) in [5.41, 5.74) is 5.15. The van der Waals surface area contributed by atoms with Crippen molar-refractivity contribution in [3.63, 3.8) is 0 Å². The van der Waals surface area contributed by atoms with Gasteiger partial charge in [-0.1, -0.05) is 48.0 Å². The fraction of sp³-hybridized carbons (Fsp3) is 0.409. The molecule has 1 saturated heterocycles. The standard InChI is InChI=1S/C22H26N2O/c1-16-5-7-18(8-6-16)19-4-2-3-17(13-19)15-24-21(25)20-14-22(20)9-11-23-12-10-22/h2-8,13,20,23H,9-12,14-15H2,1H3,(H,24,25). The van der Waals surface area contributed by atoms with Crippen molar-refractivity contribution in [2.45, 2.75) is 32.7 Å². The minimum atomic E-state index is 0.231. The predicted molar refractivity (Wildman–Crippen MR) is 101 cm³/mol. The van der Waals surface area contributed by atoms with E-state index in [0.29, 0.717) is 12.0 Å². The van der Waals surface area contributed by atoms with Crippen molar-refractivity contribution in [2.75, 3.05) is 13.1 Å². The van der Waals surface area contributed by atoms with Crippen molar-refractivity contribution in [3.05, 3.63) is 59.7 Å². The molecule has 2 aromatic carbocycles. The topological polar surface area (TPSA) is 41.1 Å². The number of rotatable bonds is 4. The quantitative estimate of drug-likeness (QED) is 0.896. The number of aryl methyl sites for hydroxylation is 1. The van der Waals surface area contributed by atoms with Gasteiger partial charge in [0.1, 0.15) is 0 Å². The van der Waals surface area contributed by atoms with Gasteiger partial charge in [0.15, 0.2) is 0 Å². The van der Waals surface area contributed by atoms with Crippen LogP contribution in [0.4, 0.5) is 0 Å². The molecule has 1 spiro atoms. The Morgan fingerprint density at radius 3 is 2.64 bits per heavy atom. The minimum Gasteiger partial charge on any atom is -0.352 e. The molecule has 3 heteroatoms. The maximum Gasteiger partial charge on any atom is 0.223 e. The first-order valence-corrected chi connectivity index (χ1v) is 9.31. The van der Waals surface area contributed by atoms with Crippen molar-refractivity contribution in [1.82, 2.24) is 10.6 Å². The van der Waals surface area contributed by atoms with E-state index in [4.69, 9.17) is 0 Å². The lowest BCUT2D eigenvalue weighted by molar-refractivity contribution is -0.123. The third kappa shape index (κ3) is 3.47. The van der Waals surface area contributed by atoms with Gasteiger partial charge < -0.3 is 10.6 Å². The molecule has 2 aliphatic rings. The van der Waals surface area contributed by atoms with Gasteiger partial charge in [0.25, 0.3) is 0 Å². The first-order valence-electron chi connectivity index (χ1n) is 9.31. The maximum absolute atomic E-state index is 12.5. The maximum atomic E-state index is 12.5. The van der Waals surface area contributed by atoms with Gasteiger partial charge in [-0.2, -0.15) is 0 Å². The van der Waals surface area contributed by atoms with Gasteiger partial charge in [0.05, 0.1) is 0 Å². The fourth-order valence-corrected chi connectivity index (χ4v) is 4.11. The summed E-state index contributed by atoms with van der Waals surface area (Å²) in [7, 11) is 0. The lowest BCUT2D eigenvalue weighted by Gasteiger charge is -2.23. The highest BCUT2D eigenvalue weighted by Gasteiger charge is 2.57. The number of piperidine rings is 1. The van der Waals surface area contributed by atoms with Crippen molar-refractivity contribution < 1.29 is 4.79 Å². The van der Waals surface area contributed by atoms with Crippen LogP contribution in [-0.4, -0.2) is 19.0 Å². The Labute approximate surface area is 149 Å². The second kappa shape index (κ2) is 6.64. The average molecular weight is 334 g/mol. The van der Waals surface area contributed by atoms with E-state index in [1.165, 1.54) is 16.7 Å². The molecule has 1 unspecified atom stereocenters. The second-order valence-electron chi connectivity index (χ2n) is 7.65. The van der Waals surface area contributed by atoms with Gasteiger partial charge in [0, 0.05) is 12.5 Å². The predicted octanol–water partition coefficient (Wildman–Crippen LogP) is 3.67. The third-order valence-electron chi connectivity index (χ3n) is 5.88. The molecule has 3 nitrogen and oxygen atoms in total. The molecule has 0 radical (unpaired) electrons. The number of carbonyl (C=O) groups excluding carboxylic acids is 1. The summed E-state index contributed by atoms with van der Waals surface area (Å²) < 4.78 is 0. The third-order valence-corrected chi connectivity index (χ3v) is 5.88. The van der Waals surface area contributed by atoms with Crippen molar-refractivity contribution in [3.8, 4) is 11.1 Å².